The number of hydrogen-bond acceptors (Lipinski definition) is 0. The van der Waals surface area contributed by atoms with Crippen molar-refractivity contribution in [3.63, 3.8) is 0 Å². The first-order chi connectivity index (χ1) is 5.56. The fourth-order valence-corrected chi connectivity index (χ4v) is 1.20. The average molecular weight is 178 g/mol. The molecular formula is C11H18Si. The fourth-order valence-electron chi connectivity index (χ4n) is 0.585. The maximum Gasteiger partial charge on any atom is 0.0574 e. The van der Waals surface area contributed by atoms with E-state index in [1.165, 1.54) is 0 Å². The number of rotatable bonds is 2. The molecule has 0 rings (SSSR count). The van der Waals surface area contributed by atoms with Crippen molar-refractivity contribution in [1.29, 1.82) is 0 Å². The highest BCUT2D eigenvalue weighted by molar-refractivity contribution is 6.76. The average Bonchev–Trinajstić information content (AvgIpc) is 1.94. The third-order valence-corrected chi connectivity index (χ3v) is 2.47. The van der Waals surface area contributed by atoms with Crippen molar-refractivity contribution in [3.05, 3.63) is 0 Å². The first-order valence-electron chi connectivity index (χ1n) is 4.52. The van der Waals surface area contributed by atoms with Crippen LogP contribution in [0, 0.1) is 23.7 Å². The molecule has 0 amide bonds. The van der Waals surface area contributed by atoms with Gasteiger partial charge in [0.05, 0.1) is 8.07 Å². The van der Waals surface area contributed by atoms with Crippen LogP contribution in [0.2, 0.25) is 25.7 Å². The quantitative estimate of drug-likeness (QED) is 0.450. The minimum absolute atomic E-state index is 0.967. The van der Waals surface area contributed by atoms with Crippen molar-refractivity contribution in [3.8, 4) is 23.7 Å². The smallest absolute Gasteiger partial charge is 0.0574 e. The molecule has 0 N–H and O–H groups in total. The monoisotopic (exact) mass is 178 g/mol. The summed E-state index contributed by atoms with van der Waals surface area (Å²) >= 11 is 0. The van der Waals surface area contributed by atoms with E-state index in [1.807, 2.05) is 0 Å². The largest absolute Gasteiger partial charge is 0.0921 e. The van der Waals surface area contributed by atoms with Gasteiger partial charge in [-0.1, -0.05) is 38.4 Å². The van der Waals surface area contributed by atoms with Crippen LogP contribution in [0.4, 0.5) is 0 Å². The molecule has 0 aliphatic heterocycles. The Morgan fingerprint density at radius 3 is 2.08 bits per heavy atom. The molecule has 0 aromatic carbocycles. The Balaban J connectivity index is 3.70. The molecule has 0 bridgehead atoms. The van der Waals surface area contributed by atoms with Crippen LogP contribution in [-0.4, -0.2) is 8.07 Å². The van der Waals surface area contributed by atoms with E-state index in [-0.39, 0.29) is 0 Å². The number of unbranched alkanes of at least 4 members (excludes halogenated alkanes) is 1. The molecule has 0 aromatic rings. The van der Waals surface area contributed by atoms with Gasteiger partial charge in [0.1, 0.15) is 0 Å². The third-order valence-electron chi connectivity index (χ3n) is 1.23. The van der Waals surface area contributed by atoms with Crippen LogP contribution in [0.3, 0.4) is 0 Å². The second kappa shape index (κ2) is 5.92. The minimum atomic E-state index is -0.967. The molecule has 0 aliphatic carbocycles. The van der Waals surface area contributed by atoms with Crippen LogP contribution in [0.15, 0.2) is 0 Å². The van der Waals surface area contributed by atoms with E-state index in [4.69, 9.17) is 0 Å². The van der Waals surface area contributed by atoms with Gasteiger partial charge in [0.25, 0.3) is 0 Å². The first kappa shape index (κ1) is 11.3. The van der Waals surface area contributed by atoms with Crippen LogP contribution >= 0.6 is 0 Å². The molecule has 0 aliphatic rings. The van der Waals surface area contributed by atoms with Gasteiger partial charge in [0, 0.05) is 12.5 Å². The van der Waals surface area contributed by atoms with E-state index in [9.17, 15) is 0 Å². The van der Waals surface area contributed by atoms with Crippen LogP contribution in [-0.2, 0) is 0 Å². The Morgan fingerprint density at radius 2 is 1.58 bits per heavy atom. The van der Waals surface area contributed by atoms with Crippen molar-refractivity contribution in [1.82, 2.24) is 0 Å². The second-order valence-electron chi connectivity index (χ2n) is 4.09. The highest BCUT2D eigenvalue weighted by Gasteiger charge is 2.09. The molecule has 0 saturated heterocycles. The van der Waals surface area contributed by atoms with Crippen LogP contribution in [0.25, 0.3) is 0 Å². The maximum atomic E-state index is 3.12. The molecule has 66 valence electrons. The summed E-state index contributed by atoms with van der Waals surface area (Å²) in [5, 5.41) is 0. The Hall–Kier alpha value is -0.663. The minimum Gasteiger partial charge on any atom is -0.0921 e. The van der Waals surface area contributed by atoms with E-state index < -0.39 is 8.07 Å². The zero-order valence-electron chi connectivity index (χ0n) is 8.62. The Kier molecular flexibility index (Phi) is 5.59. The predicted molar refractivity (Wildman–Crippen MR) is 58.6 cm³/mol. The lowest BCUT2D eigenvalue weighted by Gasteiger charge is -2.08. The normalized spacial score (nSPS) is 9.33. The van der Waals surface area contributed by atoms with Crippen molar-refractivity contribution in [2.24, 2.45) is 0 Å². The summed E-state index contributed by atoms with van der Waals surface area (Å²) in [6.07, 6.45) is 2.10. The molecule has 0 nitrogen and oxygen atoms in total. The molecule has 0 atom stereocenters. The summed E-state index contributed by atoms with van der Waals surface area (Å²) in [6.45, 7) is 9.09. The van der Waals surface area contributed by atoms with E-state index in [1.54, 1.807) is 0 Å². The van der Waals surface area contributed by atoms with Crippen molar-refractivity contribution >= 4 is 8.07 Å². The van der Waals surface area contributed by atoms with E-state index in [2.05, 4.69) is 50.2 Å². The van der Waals surface area contributed by atoms with Gasteiger partial charge < -0.3 is 0 Å². The summed E-state index contributed by atoms with van der Waals surface area (Å²) in [5.74, 6) is 11.9. The van der Waals surface area contributed by atoms with Gasteiger partial charge in [-0.15, -0.1) is 0 Å². The second-order valence-corrected chi connectivity index (χ2v) is 9.57. The van der Waals surface area contributed by atoms with Crippen LogP contribution < -0.4 is 0 Å². The standard InChI is InChI=1S/C11H18Si/c1-5-6-7-8-9-10-11-12(2,3)4/h5-6,11H2,1-4H3. The molecular weight excluding hydrogens is 160 g/mol. The Labute approximate surface area is 77.8 Å². The summed E-state index contributed by atoms with van der Waals surface area (Å²) in [6, 6.07) is 1.06. The highest BCUT2D eigenvalue weighted by atomic mass is 28.3. The Bertz CT molecular complexity index is 224. The Morgan fingerprint density at radius 1 is 1.00 bits per heavy atom. The van der Waals surface area contributed by atoms with Crippen LogP contribution in [0.5, 0.6) is 0 Å². The van der Waals surface area contributed by atoms with Gasteiger partial charge in [0.2, 0.25) is 0 Å². The van der Waals surface area contributed by atoms with Gasteiger partial charge in [-0.3, -0.25) is 0 Å². The van der Waals surface area contributed by atoms with Gasteiger partial charge in [-0.2, -0.15) is 0 Å². The van der Waals surface area contributed by atoms with Gasteiger partial charge in [0.15, 0.2) is 0 Å². The summed E-state index contributed by atoms with van der Waals surface area (Å²) < 4.78 is 0. The molecule has 0 heterocycles. The van der Waals surface area contributed by atoms with E-state index >= 15 is 0 Å². The zero-order chi connectivity index (χ0) is 9.45. The van der Waals surface area contributed by atoms with Gasteiger partial charge in [-0.05, 0) is 18.3 Å². The third kappa shape index (κ3) is 9.34. The van der Waals surface area contributed by atoms with Crippen molar-refractivity contribution in [2.75, 3.05) is 0 Å². The molecule has 0 spiro atoms. The predicted octanol–water partition coefficient (Wildman–Crippen LogP) is 3.13. The van der Waals surface area contributed by atoms with Crippen LogP contribution in [0.1, 0.15) is 19.8 Å². The number of hydrogen-bond donors (Lipinski definition) is 0. The molecule has 0 unspecified atom stereocenters. The summed E-state index contributed by atoms with van der Waals surface area (Å²) in [5.41, 5.74) is 0. The maximum absolute atomic E-state index is 3.12. The topological polar surface area (TPSA) is 0 Å². The zero-order valence-corrected chi connectivity index (χ0v) is 9.62. The fraction of sp³-hybridized carbons (Fsp3) is 0.636. The van der Waals surface area contributed by atoms with E-state index in [0.29, 0.717) is 0 Å². The highest BCUT2D eigenvalue weighted by Crippen LogP contribution is 2.05. The van der Waals surface area contributed by atoms with Crippen molar-refractivity contribution < 1.29 is 0 Å². The molecule has 0 fully saturated rings. The van der Waals surface area contributed by atoms with Crippen molar-refractivity contribution in [2.45, 2.75) is 45.5 Å². The van der Waals surface area contributed by atoms with Gasteiger partial charge >= 0.3 is 0 Å². The summed E-state index contributed by atoms with van der Waals surface area (Å²) in [4.78, 5) is 0. The molecule has 0 saturated carbocycles. The van der Waals surface area contributed by atoms with E-state index in [0.717, 1.165) is 18.9 Å². The lowest BCUT2D eigenvalue weighted by molar-refractivity contribution is 0.983. The van der Waals surface area contributed by atoms with Gasteiger partial charge in [-0.25, -0.2) is 0 Å². The molecule has 12 heavy (non-hydrogen) atoms. The molecule has 0 radical (unpaired) electrons. The SMILES string of the molecule is CCCC#CC#CC[Si](C)(C)C. The lowest BCUT2D eigenvalue weighted by Crippen LogP contribution is -2.17. The first-order valence-corrected chi connectivity index (χ1v) is 8.22. The molecule has 1 heteroatoms. The lowest BCUT2D eigenvalue weighted by atomic mass is 10.3. The summed E-state index contributed by atoms with van der Waals surface area (Å²) in [7, 11) is -0.967. The molecule has 0 aromatic heterocycles.